The average Bonchev–Trinajstić information content (AvgIpc) is 2.59. The van der Waals surface area contributed by atoms with E-state index in [1.807, 2.05) is 19.2 Å². The molecule has 1 aromatic heterocycles. The maximum absolute atomic E-state index is 11.4. The summed E-state index contributed by atoms with van der Waals surface area (Å²) in [7, 11) is -1.50. The molecule has 1 amide bonds. The minimum atomic E-state index is -3.11. The van der Waals surface area contributed by atoms with Crippen LogP contribution in [0.4, 0.5) is 0 Å². The number of hydrogen-bond donors (Lipinski definition) is 1. The monoisotopic (exact) mass is 279 g/mol. The van der Waals surface area contributed by atoms with E-state index in [0.717, 1.165) is 10.6 Å². The fourth-order valence-electron chi connectivity index (χ4n) is 1.08. The van der Waals surface area contributed by atoms with Crippen LogP contribution in [-0.4, -0.2) is 32.2 Å². The van der Waals surface area contributed by atoms with Gasteiger partial charge in [-0.25, -0.2) is 0 Å². The van der Waals surface area contributed by atoms with Crippen molar-refractivity contribution >= 4 is 27.9 Å². The first-order valence-electron chi connectivity index (χ1n) is 4.61. The SMILES string of the molecule is CCNC(=O)c1csc(OC)c1C.O=S(=O)=O. The maximum Gasteiger partial charge on any atom is 0.425 e. The van der Waals surface area contributed by atoms with E-state index >= 15 is 0 Å². The molecule has 0 saturated heterocycles. The van der Waals surface area contributed by atoms with Crippen LogP contribution < -0.4 is 10.1 Å². The highest BCUT2D eigenvalue weighted by atomic mass is 32.2. The summed E-state index contributed by atoms with van der Waals surface area (Å²) in [6.45, 7) is 4.44. The van der Waals surface area contributed by atoms with Crippen LogP contribution in [0.1, 0.15) is 22.8 Å². The number of carbonyl (C=O) groups excluding carboxylic acids is 1. The molecule has 0 spiro atoms. The lowest BCUT2D eigenvalue weighted by Crippen LogP contribution is -2.22. The lowest BCUT2D eigenvalue weighted by atomic mass is 10.2. The van der Waals surface area contributed by atoms with E-state index in [9.17, 15) is 4.79 Å². The van der Waals surface area contributed by atoms with Crippen molar-refractivity contribution in [1.82, 2.24) is 5.32 Å². The fraction of sp³-hybridized carbons (Fsp3) is 0.444. The highest BCUT2D eigenvalue weighted by Gasteiger charge is 2.13. The van der Waals surface area contributed by atoms with Crippen molar-refractivity contribution < 1.29 is 22.2 Å². The molecule has 6 nitrogen and oxygen atoms in total. The summed E-state index contributed by atoms with van der Waals surface area (Å²) in [5.41, 5.74) is 1.63. The van der Waals surface area contributed by atoms with Crippen LogP contribution in [0.25, 0.3) is 0 Å². The number of amides is 1. The fourth-order valence-corrected chi connectivity index (χ4v) is 1.97. The van der Waals surface area contributed by atoms with Gasteiger partial charge in [-0.1, -0.05) is 0 Å². The Hall–Kier alpha value is -1.41. The van der Waals surface area contributed by atoms with E-state index in [0.29, 0.717) is 12.1 Å². The van der Waals surface area contributed by atoms with Gasteiger partial charge >= 0.3 is 10.6 Å². The van der Waals surface area contributed by atoms with Gasteiger partial charge in [-0.05, 0) is 13.8 Å². The molecule has 0 bridgehead atoms. The minimum absolute atomic E-state index is 0.0282. The van der Waals surface area contributed by atoms with E-state index in [-0.39, 0.29) is 5.91 Å². The van der Waals surface area contributed by atoms with Crippen LogP contribution in [0.3, 0.4) is 0 Å². The van der Waals surface area contributed by atoms with Crippen molar-refractivity contribution in [3.8, 4) is 5.06 Å². The summed E-state index contributed by atoms with van der Waals surface area (Å²) in [6.07, 6.45) is 0. The summed E-state index contributed by atoms with van der Waals surface area (Å²) in [5.74, 6) is -0.0282. The first kappa shape index (κ1) is 15.6. The van der Waals surface area contributed by atoms with Gasteiger partial charge in [0.05, 0.1) is 12.7 Å². The normalized spacial score (nSPS) is 8.88. The minimum Gasteiger partial charge on any atom is -0.487 e. The molecule has 8 heteroatoms. The maximum atomic E-state index is 11.4. The third-order valence-corrected chi connectivity index (χ3v) is 2.80. The lowest BCUT2D eigenvalue weighted by Gasteiger charge is -2.01. The second kappa shape index (κ2) is 7.80. The van der Waals surface area contributed by atoms with E-state index in [1.54, 1.807) is 7.11 Å². The lowest BCUT2D eigenvalue weighted by molar-refractivity contribution is 0.0955. The predicted octanol–water partition coefficient (Wildman–Crippen LogP) is 0.811. The Morgan fingerprint density at radius 3 is 2.35 bits per heavy atom. The molecule has 0 aliphatic heterocycles. The zero-order chi connectivity index (χ0) is 13.4. The number of hydrogen-bond acceptors (Lipinski definition) is 6. The number of rotatable bonds is 3. The Labute approximate surface area is 105 Å². The number of nitrogens with one attached hydrogen (secondary N) is 1. The Kier molecular flexibility index (Phi) is 7.15. The largest absolute Gasteiger partial charge is 0.487 e. The summed E-state index contributed by atoms with van der Waals surface area (Å²) in [4.78, 5) is 11.4. The molecule has 0 unspecified atom stereocenters. The van der Waals surface area contributed by atoms with Gasteiger partial charge in [0.2, 0.25) is 0 Å². The summed E-state index contributed by atoms with van der Waals surface area (Å²) >= 11 is 1.45. The Bertz CT molecular complexity index is 470. The second-order valence-corrected chi connectivity index (χ2v) is 4.08. The zero-order valence-electron chi connectivity index (χ0n) is 9.64. The van der Waals surface area contributed by atoms with Crippen molar-refractivity contribution in [3.63, 3.8) is 0 Å². The number of thiophene rings is 1. The van der Waals surface area contributed by atoms with Crippen LogP contribution in [0.2, 0.25) is 0 Å². The van der Waals surface area contributed by atoms with Gasteiger partial charge in [-0.3, -0.25) is 4.79 Å². The van der Waals surface area contributed by atoms with Crippen molar-refractivity contribution in [1.29, 1.82) is 0 Å². The molecule has 1 rings (SSSR count). The van der Waals surface area contributed by atoms with Gasteiger partial charge < -0.3 is 10.1 Å². The van der Waals surface area contributed by atoms with Gasteiger partial charge in [0, 0.05) is 17.5 Å². The van der Waals surface area contributed by atoms with Crippen LogP contribution in [-0.2, 0) is 10.6 Å². The van der Waals surface area contributed by atoms with Crippen LogP contribution in [0.5, 0.6) is 5.06 Å². The first-order chi connectivity index (χ1) is 7.93. The summed E-state index contributed by atoms with van der Waals surface area (Å²) in [5, 5.41) is 5.38. The van der Waals surface area contributed by atoms with Gasteiger partial charge in [0.1, 0.15) is 0 Å². The third kappa shape index (κ3) is 5.45. The summed E-state index contributed by atoms with van der Waals surface area (Å²) < 4.78 is 30.4. The number of carbonyl (C=O) groups is 1. The second-order valence-electron chi connectivity index (χ2n) is 2.83. The summed E-state index contributed by atoms with van der Waals surface area (Å²) in [6, 6.07) is 0. The van der Waals surface area contributed by atoms with E-state index in [1.165, 1.54) is 11.3 Å². The highest BCUT2D eigenvalue weighted by Crippen LogP contribution is 2.28. The third-order valence-electron chi connectivity index (χ3n) is 1.76. The molecule has 0 radical (unpaired) electrons. The first-order valence-corrected chi connectivity index (χ1v) is 6.49. The Morgan fingerprint density at radius 1 is 1.47 bits per heavy atom. The standard InChI is InChI=1S/C9H13NO2S.O3S/c1-4-10-8(11)7-5-13-9(12-3)6(7)2;1-4(2)3/h5H,4H2,1-3H3,(H,10,11);. The molecule has 17 heavy (non-hydrogen) atoms. The van der Waals surface area contributed by atoms with Crippen molar-refractivity contribution in [2.24, 2.45) is 0 Å². The van der Waals surface area contributed by atoms with Gasteiger partial charge in [-0.2, -0.15) is 0 Å². The van der Waals surface area contributed by atoms with E-state index < -0.39 is 10.6 Å². The molecule has 1 heterocycles. The molecule has 96 valence electrons. The Balaban J connectivity index is 0.000000557. The van der Waals surface area contributed by atoms with Crippen LogP contribution >= 0.6 is 11.3 Å². The van der Waals surface area contributed by atoms with E-state index in [4.69, 9.17) is 17.4 Å². The average molecular weight is 279 g/mol. The molecule has 0 aliphatic carbocycles. The Morgan fingerprint density at radius 2 is 2.00 bits per heavy atom. The zero-order valence-corrected chi connectivity index (χ0v) is 11.3. The van der Waals surface area contributed by atoms with Gasteiger partial charge in [0.15, 0.2) is 5.06 Å². The number of methoxy groups -OCH3 is 1. The molecule has 0 atom stereocenters. The quantitative estimate of drug-likeness (QED) is 0.884. The predicted molar refractivity (Wildman–Crippen MR) is 63.3 cm³/mol. The van der Waals surface area contributed by atoms with Gasteiger partial charge in [0.25, 0.3) is 5.91 Å². The topological polar surface area (TPSA) is 89.5 Å². The van der Waals surface area contributed by atoms with Crippen molar-refractivity contribution in [2.75, 3.05) is 13.7 Å². The highest BCUT2D eigenvalue weighted by molar-refractivity contribution is 7.59. The molecular weight excluding hydrogens is 266 g/mol. The molecule has 1 aromatic rings. The molecule has 0 aromatic carbocycles. The number of ether oxygens (including phenoxy) is 1. The molecule has 0 aliphatic rings. The smallest absolute Gasteiger partial charge is 0.425 e. The molecule has 1 N–H and O–H groups in total. The van der Waals surface area contributed by atoms with Crippen LogP contribution in [0, 0.1) is 6.92 Å². The van der Waals surface area contributed by atoms with Gasteiger partial charge in [-0.15, -0.1) is 24.0 Å². The molecule has 0 saturated carbocycles. The van der Waals surface area contributed by atoms with E-state index in [2.05, 4.69) is 5.32 Å². The van der Waals surface area contributed by atoms with Crippen LogP contribution in [0.15, 0.2) is 5.38 Å². The molecular formula is C9H13NO5S2. The van der Waals surface area contributed by atoms with Crippen molar-refractivity contribution in [3.05, 3.63) is 16.5 Å². The van der Waals surface area contributed by atoms with Crippen molar-refractivity contribution in [2.45, 2.75) is 13.8 Å². The molecule has 0 fully saturated rings.